The van der Waals surface area contributed by atoms with Crippen LogP contribution in [0.25, 0.3) is 20.8 Å². The van der Waals surface area contributed by atoms with Gasteiger partial charge in [0.15, 0.2) is 0 Å². The van der Waals surface area contributed by atoms with Gasteiger partial charge < -0.3 is 25.3 Å². The summed E-state index contributed by atoms with van der Waals surface area (Å²) in [4.78, 5) is 41.1. The van der Waals surface area contributed by atoms with Gasteiger partial charge in [-0.3, -0.25) is 0 Å². The van der Waals surface area contributed by atoms with Crippen molar-refractivity contribution >= 4 is 43.4 Å². The molecule has 2 N–H and O–H groups in total. The number of carbonyl (C=O) groups excluding carboxylic acids is 2. The van der Waals surface area contributed by atoms with Crippen molar-refractivity contribution in [2.24, 2.45) is 0 Å². The summed E-state index contributed by atoms with van der Waals surface area (Å²) in [5.41, 5.74) is 1.22. The molecule has 5 rings (SSSR count). The Balaban J connectivity index is 1.64. The highest BCUT2D eigenvalue weighted by molar-refractivity contribution is 7.57. The maximum absolute atomic E-state index is 12.0. The van der Waals surface area contributed by atoms with Gasteiger partial charge in [0.2, 0.25) is 4.88 Å². The van der Waals surface area contributed by atoms with E-state index in [-0.39, 0.29) is 6.01 Å². The molecule has 4 aromatic heterocycles. The Morgan fingerprint density at radius 1 is 1.03 bits per heavy atom. The summed E-state index contributed by atoms with van der Waals surface area (Å²) < 4.78 is 5.51. The molecule has 1 aliphatic rings. The molecule has 0 spiro atoms. The Morgan fingerprint density at radius 2 is 1.86 bits per heavy atom. The zero-order valence-corrected chi connectivity index (χ0v) is 15.3. The summed E-state index contributed by atoms with van der Waals surface area (Å²) in [6, 6.07) is 6.18. The Kier molecular flexibility index (Phi) is 3.81. The first-order valence-electron chi connectivity index (χ1n) is 8.30. The molecule has 0 bridgehead atoms. The zero-order chi connectivity index (χ0) is 20.0. The number of nitrogens with zero attached hydrogens (tertiary/aromatic N) is 4. The molecule has 1 atom stereocenters. The van der Waals surface area contributed by atoms with Crippen molar-refractivity contribution in [2.45, 2.75) is 0 Å². The van der Waals surface area contributed by atoms with E-state index in [4.69, 9.17) is 4.74 Å². The fourth-order valence-corrected chi connectivity index (χ4v) is 4.84. The van der Waals surface area contributed by atoms with E-state index in [2.05, 4.69) is 30.6 Å². The van der Waals surface area contributed by atoms with Crippen LogP contribution in [0.5, 0.6) is 11.8 Å². The SMILES string of the molecule is O=C1Nc2ccnc3c2c(c(-c2ccc(Oc4ncccn4)cn2)[s+]3C(=O)[O-])N1. The number of nitrogens with one attached hydrogen (secondary N) is 2. The average Bonchev–Trinajstić information content (AvgIpc) is 3.05. The summed E-state index contributed by atoms with van der Waals surface area (Å²) in [6.45, 7) is 0. The second-order valence-electron chi connectivity index (χ2n) is 5.89. The van der Waals surface area contributed by atoms with Gasteiger partial charge in [-0.1, -0.05) is 0 Å². The number of anilines is 2. The number of thiophene rings is 1. The highest BCUT2D eigenvalue weighted by Gasteiger charge is 2.37. The molecule has 4 aromatic rings. The molecule has 5 heterocycles. The van der Waals surface area contributed by atoms with Crippen LogP contribution in [-0.4, -0.2) is 31.3 Å². The normalized spacial score (nSPS) is 13.0. The van der Waals surface area contributed by atoms with Gasteiger partial charge >= 0.3 is 17.3 Å². The van der Waals surface area contributed by atoms with Crippen LogP contribution in [0.4, 0.5) is 21.0 Å². The summed E-state index contributed by atoms with van der Waals surface area (Å²) in [5, 5.41) is 16.5. The molecule has 0 radical (unpaired) electrons. The molecule has 142 valence electrons. The first kappa shape index (κ1) is 17.0. The van der Waals surface area contributed by atoms with E-state index in [0.29, 0.717) is 37.9 Å². The van der Waals surface area contributed by atoms with Crippen LogP contribution in [-0.2, 0) is 0 Å². The summed E-state index contributed by atoms with van der Waals surface area (Å²) in [6.07, 6.45) is 5.97. The van der Waals surface area contributed by atoms with E-state index in [1.807, 2.05) is 0 Å². The molecule has 1 unspecified atom stereocenters. The van der Waals surface area contributed by atoms with Gasteiger partial charge in [0, 0.05) is 18.6 Å². The highest BCUT2D eigenvalue weighted by Crippen LogP contribution is 2.52. The minimum Gasteiger partial charge on any atom is -0.500 e. The van der Waals surface area contributed by atoms with Gasteiger partial charge in [-0.15, -0.1) is 0 Å². The Hall–Kier alpha value is -4.12. The molecule has 29 heavy (non-hydrogen) atoms. The lowest BCUT2D eigenvalue weighted by Gasteiger charge is -2.13. The van der Waals surface area contributed by atoms with Crippen LogP contribution in [0.15, 0.2) is 49.1 Å². The second-order valence-corrected chi connectivity index (χ2v) is 7.63. The molecular formula is C18H10N6O4S. The number of urea groups is 1. The molecule has 1 aliphatic heterocycles. The van der Waals surface area contributed by atoms with Crippen molar-refractivity contribution in [1.82, 2.24) is 19.9 Å². The van der Waals surface area contributed by atoms with E-state index in [1.165, 1.54) is 12.4 Å². The van der Waals surface area contributed by atoms with Crippen LogP contribution in [0.1, 0.15) is 0 Å². The number of rotatable bonds is 4. The first-order chi connectivity index (χ1) is 14.1. The number of hydrogen-bond donors (Lipinski definition) is 2. The Bertz CT molecular complexity index is 1270. The van der Waals surface area contributed by atoms with E-state index in [0.717, 1.165) is 0 Å². The second kappa shape index (κ2) is 6.49. The third-order valence-electron chi connectivity index (χ3n) is 4.16. The van der Waals surface area contributed by atoms with E-state index < -0.39 is 21.8 Å². The van der Waals surface area contributed by atoms with Gasteiger partial charge in [-0.2, -0.15) is 0 Å². The Labute approximate surface area is 165 Å². The number of pyridine rings is 2. The van der Waals surface area contributed by atoms with Crippen molar-refractivity contribution < 1.29 is 19.4 Å². The summed E-state index contributed by atoms with van der Waals surface area (Å²) in [7, 11) is -1.51. The monoisotopic (exact) mass is 406 g/mol. The van der Waals surface area contributed by atoms with Crippen molar-refractivity contribution in [3.8, 4) is 22.3 Å². The summed E-state index contributed by atoms with van der Waals surface area (Å²) >= 11 is 0. The number of hydrogen-bond acceptors (Lipinski definition) is 8. The number of aromatic nitrogens is 4. The lowest BCUT2D eigenvalue weighted by atomic mass is 10.1. The largest absolute Gasteiger partial charge is 0.500 e. The molecular weight excluding hydrogens is 396 g/mol. The molecule has 0 saturated carbocycles. The van der Waals surface area contributed by atoms with Crippen LogP contribution >= 0.6 is 10.5 Å². The van der Waals surface area contributed by atoms with Crippen molar-refractivity contribution in [1.29, 1.82) is 0 Å². The van der Waals surface area contributed by atoms with Gasteiger partial charge in [0.25, 0.3) is 4.83 Å². The minimum absolute atomic E-state index is 0.159. The summed E-state index contributed by atoms with van der Waals surface area (Å²) in [5.74, 6) is 0.377. The Morgan fingerprint density at radius 3 is 2.59 bits per heavy atom. The molecule has 0 fully saturated rings. The van der Waals surface area contributed by atoms with E-state index in [1.54, 1.807) is 36.7 Å². The van der Waals surface area contributed by atoms with Crippen molar-refractivity contribution in [3.63, 3.8) is 0 Å². The van der Waals surface area contributed by atoms with Gasteiger partial charge in [-0.05, 0) is 24.3 Å². The number of carboxylic acid groups (broad SMARTS) is 1. The smallest absolute Gasteiger partial charge is 0.323 e. The molecule has 0 aromatic carbocycles. The minimum atomic E-state index is -1.51. The molecule has 0 aliphatic carbocycles. The third kappa shape index (κ3) is 2.80. The predicted octanol–water partition coefficient (Wildman–Crippen LogP) is 2.78. The quantitative estimate of drug-likeness (QED) is 0.493. The maximum atomic E-state index is 12.0. The fourth-order valence-electron chi connectivity index (χ4n) is 3.06. The average molecular weight is 406 g/mol. The lowest BCUT2D eigenvalue weighted by molar-refractivity contribution is -0.233. The third-order valence-corrected chi connectivity index (χ3v) is 6.02. The van der Waals surface area contributed by atoms with Crippen LogP contribution in [0.2, 0.25) is 0 Å². The van der Waals surface area contributed by atoms with Gasteiger partial charge in [0.1, 0.15) is 22.5 Å². The van der Waals surface area contributed by atoms with E-state index >= 15 is 0 Å². The first-order valence-corrected chi connectivity index (χ1v) is 9.52. The van der Waals surface area contributed by atoms with Crippen molar-refractivity contribution in [3.05, 3.63) is 49.1 Å². The molecule has 11 heteroatoms. The fraction of sp³-hybridized carbons (Fsp3) is 0. The standard InChI is InChI=1S/C18H10N6O4S/c25-16-23-10-4-7-19-15-12(10)13(24-16)14(29(15)18(26)27)11-3-2-9(8-22-11)28-17-20-5-1-6-21-17/h1-8H,(H2-,19,22,23,24,25,26,27). The van der Waals surface area contributed by atoms with E-state index in [9.17, 15) is 14.7 Å². The van der Waals surface area contributed by atoms with Gasteiger partial charge in [0.05, 0.1) is 22.4 Å². The topological polar surface area (TPSA) is 142 Å². The zero-order valence-electron chi connectivity index (χ0n) is 14.4. The van der Waals surface area contributed by atoms with Gasteiger partial charge in [-0.25, -0.2) is 24.7 Å². The van der Waals surface area contributed by atoms with Crippen molar-refractivity contribution in [2.75, 3.05) is 10.6 Å². The maximum Gasteiger partial charge on any atom is 0.323 e. The highest BCUT2D eigenvalue weighted by atomic mass is 32.2. The number of ether oxygens (including phenoxy) is 1. The molecule has 10 nitrogen and oxygen atoms in total. The van der Waals surface area contributed by atoms with Crippen LogP contribution < -0.4 is 20.5 Å². The lowest BCUT2D eigenvalue weighted by Crippen LogP contribution is -2.23. The molecule has 2 amide bonds. The number of amides is 2. The van der Waals surface area contributed by atoms with Crippen LogP contribution in [0.3, 0.4) is 0 Å². The van der Waals surface area contributed by atoms with Crippen LogP contribution in [0, 0.1) is 0 Å². The predicted molar refractivity (Wildman–Crippen MR) is 103 cm³/mol. The number of carbonyl (C=O) groups is 2. The molecule has 0 saturated heterocycles.